The Morgan fingerprint density at radius 1 is 1.52 bits per heavy atom. The van der Waals surface area contributed by atoms with Crippen molar-refractivity contribution in [2.45, 2.75) is 43.3 Å². The number of ether oxygens (including phenoxy) is 1. The summed E-state index contributed by atoms with van der Waals surface area (Å²) in [6.07, 6.45) is 2.26. The fourth-order valence-corrected chi connectivity index (χ4v) is 3.51. The fraction of sp³-hybridized carbons (Fsp3) is 0.500. The second-order valence-electron chi connectivity index (χ2n) is 5.39. The van der Waals surface area contributed by atoms with Crippen LogP contribution in [0.5, 0.6) is 0 Å². The molecule has 23 heavy (non-hydrogen) atoms. The quantitative estimate of drug-likeness (QED) is 0.454. The van der Waals surface area contributed by atoms with E-state index in [1.807, 2.05) is 6.07 Å². The van der Waals surface area contributed by atoms with Crippen molar-refractivity contribution in [2.24, 2.45) is 0 Å². The van der Waals surface area contributed by atoms with E-state index in [4.69, 9.17) is 4.74 Å². The molecule has 0 radical (unpaired) electrons. The minimum atomic E-state index is -0.356. The highest BCUT2D eigenvalue weighted by Crippen LogP contribution is 2.27. The molecule has 1 atom stereocenters. The number of hydrogen-bond acceptors (Lipinski definition) is 7. The number of tetrazole rings is 1. The van der Waals surface area contributed by atoms with Gasteiger partial charge in [0.05, 0.1) is 17.6 Å². The van der Waals surface area contributed by atoms with Crippen molar-refractivity contribution in [3.8, 4) is 0 Å². The first kappa shape index (κ1) is 15.9. The van der Waals surface area contributed by atoms with E-state index >= 15 is 0 Å². The largest absolute Gasteiger partial charge is 0.376 e. The third-order valence-electron chi connectivity index (χ3n) is 3.87. The van der Waals surface area contributed by atoms with Gasteiger partial charge in [0.25, 0.3) is 5.69 Å². The van der Waals surface area contributed by atoms with Gasteiger partial charge in [0.15, 0.2) is 0 Å². The van der Waals surface area contributed by atoms with E-state index in [1.54, 1.807) is 17.7 Å². The number of nitro benzene ring substituents is 1. The van der Waals surface area contributed by atoms with E-state index in [2.05, 4.69) is 15.5 Å². The molecule has 0 saturated carbocycles. The summed E-state index contributed by atoms with van der Waals surface area (Å²) in [6, 6.07) is 5.12. The van der Waals surface area contributed by atoms with Gasteiger partial charge in [-0.3, -0.25) is 10.1 Å². The predicted octanol–water partition coefficient (Wildman–Crippen LogP) is 2.36. The number of aromatic nitrogens is 4. The molecule has 1 saturated heterocycles. The molecule has 1 aromatic heterocycles. The van der Waals surface area contributed by atoms with Crippen molar-refractivity contribution in [3.63, 3.8) is 0 Å². The maximum atomic E-state index is 11.0. The van der Waals surface area contributed by atoms with E-state index < -0.39 is 0 Å². The monoisotopic (exact) mass is 335 g/mol. The smallest absolute Gasteiger partial charge is 0.272 e. The number of rotatable bonds is 6. The van der Waals surface area contributed by atoms with Crippen LogP contribution in [0.25, 0.3) is 0 Å². The van der Waals surface area contributed by atoms with Crippen LogP contribution in [-0.4, -0.2) is 37.8 Å². The first-order valence-corrected chi connectivity index (χ1v) is 8.37. The Morgan fingerprint density at radius 2 is 2.39 bits per heavy atom. The Balaban J connectivity index is 1.68. The molecule has 1 aromatic carbocycles. The van der Waals surface area contributed by atoms with Gasteiger partial charge in [-0.15, -0.1) is 5.10 Å². The maximum Gasteiger partial charge on any atom is 0.272 e. The number of nitrogens with zero attached hydrogens (tertiary/aromatic N) is 5. The number of hydrogen-bond donors (Lipinski definition) is 0. The van der Waals surface area contributed by atoms with Gasteiger partial charge >= 0.3 is 0 Å². The summed E-state index contributed by atoms with van der Waals surface area (Å²) in [5, 5.41) is 23.5. The Bertz CT molecular complexity index is 699. The average molecular weight is 335 g/mol. The normalized spacial score (nSPS) is 17.5. The highest BCUT2D eigenvalue weighted by molar-refractivity contribution is 7.98. The molecule has 3 rings (SSSR count). The first-order chi connectivity index (χ1) is 11.1. The molecule has 9 heteroatoms. The number of nitro groups is 1. The van der Waals surface area contributed by atoms with Gasteiger partial charge in [-0.1, -0.05) is 23.9 Å². The summed E-state index contributed by atoms with van der Waals surface area (Å²) in [4.78, 5) is 10.6. The second-order valence-corrected chi connectivity index (χ2v) is 6.33. The lowest BCUT2D eigenvalue weighted by molar-refractivity contribution is -0.385. The molecule has 1 aliphatic heterocycles. The minimum Gasteiger partial charge on any atom is -0.376 e. The highest BCUT2D eigenvalue weighted by atomic mass is 32.2. The molecule has 0 N–H and O–H groups in total. The van der Waals surface area contributed by atoms with Crippen LogP contribution in [0.3, 0.4) is 0 Å². The van der Waals surface area contributed by atoms with Gasteiger partial charge in [0.2, 0.25) is 5.16 Å². The fourth-order valence-electron chi connectivity index (χ4n) is 2.56. The zero-order valence-electron chi connectivity index (χ0n) is 12.7. The van der Waals surface area contributed by atoms with E-state index in [0.717, 1.165) is 25.0 Å². The maximum absolute atomic E-state index is 11.0. The van der Waals surface area contributed by atoms with Gasteiger partial charge in [-0.05, 0) is 35.8 Å². The molecule has 0 bridgehead atoms. The second kappa shape index (κ2) is 7.05. The molecule has 2 aromatic rings. The summed E-state index contributed by atoms with van der Waals surface area (Å²) in [5.41, 5.74) is 1.74. The molecule has 8 nitrogen and oxygen atoms in total. The van der Waals surface area contributed by atoms with Crippen molar-refractivity contribution in [3.05, 3.63) is 39.4 Å². The lowest BCUT2D eigenvalue weighted by Gasteiger charge is -2.10. The van der Waals surface area contributed by atoms with Crippen LogP contribution >= 0.6 is 11.8 Å². The SMILES string of the molecule is Cc1c(CSc2nnnn2C[C@@H]2CCCO2)cccc1[N+](=O)[O-]. The van der Waals surface area contributed by atoms with E-state index in [0.29, 0.717) is 23.0 Å². The summed E-state index contributed by atoms with van der Waals surface area (Å²) < 4.78 is 7.35. The van der Waals surface area contributed by atoms with E-state index in [-0.39, 0.29) is 16.7 Å². The van der Waals surface area contributed by atoms with Crippen molar-refractivity contribution >= 4 is 17.4 Å². The van der Waals surface area contributed by atoms with E-state index in [1.165, 1.54) is 17.8 Å². The molecule has 1 aliphatic rings. The van der Waals surface area contributed by atoms with Gasteiger partial charge < -0.3 is 4.74 Å². The van der Waals surface area contributed by atoms with Crippen molar-refractivity contribution in [1.82, 2.24) is 20.2 Å². The van der Waals surface area contributed by atoms with Gasteiger partial charge in [0.1, 0.15) is 0 Å². The predicted molar refractivity (Wildman–Crippen MR) is 84.2 cm³/mol. The Hall–Kier alpha value is -2.00. The van der Waals surface area contributed by atoms with Crippen LogP contribution in [0.4, 0.5) is 5.69 Å². The van der Waals surface area contributed by atoms with Gasteiger partial charge in [-0.25, -0.2) is 4.68 Å². The zero-order chi connectivity index (χ0) is 16.2. The molecule has 2 heterocycles. The van der Waals surface area contributed by atoms with Crippen molar-refractivity contribution in [1.29, 1.82) is 0 Å². The molecular weight excluding hydrogens is 318 g/mol. The van der Waals surface area contributed by atoms with E-state index in [9.17, 15) is 10.1 Å². The van der Waals surface area contributed by atoms with Crippen LogP contribution in [0, 0.1) is 17.0 Å². The number of benzene rings is 1. The molecule has 0 unspecified atom stereocenters. The van der Waals surface area contributed by atoms with Crippen LogP contribution in [0.15, 0.2) is 23.4 Å². The Morgan fingerprint density at radius 3 is 3.13 bits per heavy atom. The third-order valence-corrected chi connectivity index (χ3v) is 4.88. The van der Waals surface area contributed by atoms with Crippen LogP contribution in [0.1, 0.15) is 24.0 Å². The highest BCUT2D eigenvalue weighted by Gasteiger charge is 2.19. The zero-order valence-corrected chi connectivity index (χ0v) is 13.5. The van der Waals surface area contributed by atoms with Crippen molar-refractivity contribution in [2.75, 3.05) is 6.61 Å². The Labute approximate surface area is 137 Å². The third kappa shape index (κ3) is 3.67. The molecule has 0 spiro atoms. The van der Waals surface area contributed by atoms with Crippen LogP contribution in [-0.2, 0) is 17.0 Å². The molecule has 122 valence electrons. The first-order valence-electron chi connectivity index (χ1n) is 7.38. The summed E-state index contributed by atoms with van der Waals surface area (Å²) in [7, 11) is 0. The average Bonchev–Trinajstić information content (AvgIpc) is 3.18. The van der Waals surface area contributed by atoms with Crippen LogP contribution < -0.4 is 0 Å². The van der Waals surface area contributed by atoms with Crippen molar-refractivity contribution < 1.29 is 9.66 Å². The van der Waals surface area contributed by atoms with Gasteiger partial charge in [0, 0.05) is 24.0 Å². The lowest BCUT2D eigenvalue weighted by Crippen LogP contribution is -2.16. The standard InChI is InChI=1S/C14H17N5O3S/c1-10-11(4-2-6-13(10)19(20)21)9-23-14-15-16-17-18(14)8-12-5-3-7-22-12/h2,4,6,12H,3,5,7-9H2,1H3/t12-/m0/s1. The topological polar surface area (TPSA) is 96.0 Å². The number of thioether (sulfide) groups is 1. The lowest BCUT2D eigenvalue weighted by atomic mass is 10.1. The Kier molecular flexibility index (Phi) is 4.87. The molecular formula is C14H17N5O3S. The summed E-state index contributed by atoms with van der Waals surface area (Å²) in [5.74, 6) is 0.583. The molecule has 0 amide bonds. The van der Waals surface area contributed by atoms with Crippen LogP contribution in [0.2, 0.25) is 0 Å². The minimum absolute atomic E-state index is 0.141. The molecule has 0 aliphatic carbocycles. The summed E-state index contributed by atoms with van der Waals surface area (Å²) in [6.45, 7) is 3.20. The van der Waals surface area contributed by atoms with Gasteiger partial charge in [-0.2, -0.15) is 0 Å². The summed E-state index contributed by atoms with van der Waals surface area (Å²) >= 11 is 1.47. The molecule has 1 fully saturated rings.